The van der Waals surface area contributed by atoms with Crippen LogP contribution in [0.4, 0.5) is 0 Å². The van der Waals surface area contributed by atoms with E-state index in [0.717, 1.165) is 31.8 Å². The van der Waals surface area contributed by atoms with Crippen LogP contribution in [-0.4, -0.2) is 59.9 Å². The van der Waals surface area contributed by atoms with Gasteiger partial charge in [-0.05, 0) is 26.7 Å². The molecule has 0 radical (unpaired) electrons. The Balaban J connectivity index is 1.82. The first-order valence-corrected chi connectivity index (χ1v) is 7.52. The first-order chi connectivity index (χ1) is 10.1. The van der Waals surface area contributed by atoms with E-state index in [1.807, 2.05) is 29.5 Å². The minimum atomic E-state index is -0.196. The van der Waals surface area contributed by atoms with E-state index in [0.29, 0.717) is 13.2 Å². The Hall–Kier alpha value is -1.40. The van der Waals surface area contributed by atoms with E-state index in [2.05, 4.69) is 4.98 Å². The first-order valence-electron chi connectivity index (χ1n) is 7.52. The van der Waals surface area contributed by atoms with Gasteiger partial charge in [-0.25, -0.2) is 4.98 Å². The zero-order valence-electron chi connectivity index (χ0n) is 13.1. The molecule has 1 aromatic rings. The molecule has 1 saturated heterocycles. The van der Waals surface area contributed by atoms with E-state index in [1.54, 1.807) is 13.3 Å². The summed E-state index contributed by atoms with van der Waals surface area (Å²) in [6.45, 7) is 6.61. The fourth-order valence-corrected chi connectivity index (χ4v) is 2.72. The second-order valence-electron chi connectivity index (χ2n) is 5.45. The highest BCUT2D eigenvalue weighted by molar-refractivity contribution is 5.80. The highest BCUT2D eigenvalue weighted by Gasteiger charge is 2.27. The summed E-state index contributed by atoms with van der Waals surface area (Å²) in [5.74, 6) is 1.03. The number of carbonyl (C=O) groups is 1. The monoisotopic (exact) mass is 295 g/mol. The Bertz CT molecular complexity index is 453. The molecule has 21 heavy (non-hydrogen) atoms. The number of hydrogen-bond acceptors (Lipinski definition) is 4. The molecule has 0 bridgehead atoms. The predicted molar refractivity (Wildman–Crippen MR) is 79.1 cm³/mol. The summed E-state index contributed by atoms with van der Waals surface area (Å²) < 4.78 is 12.6. The van der Waals surface area contributed by atoms with Crippen LogP contribution >= 0.6 is 0 Å². The smallest absolute Gasteiger partial charge is 0.245 e. The van der Waals surface area contributed by atoms with Crippen LogP contribution in [0.1, 0.15) is 31.6 Å². The van der Waals surface area contributed by atoms with Crippen molar-refractivity contribution in [3.63, 3.8) is 0 Å². The molecule has 0 aromatic carbocycles. The van der Waals surface area contributed by atoms with Gasteiger partial charge in [-0.3, -0.25) is 4.79 Å². The molecule has 118 valence electrons. The molecule has 1 fully saturated rings. The molecular weight excluding hydrogens is 270 g/mol. The second-order valence-corrected chi connectivity index (χ2v) is 5.45. The van der Waals surface area contributed by atoms with Crippen molar-refractivity contribution >= 4 is 5.91 Å². The quantitative estimate of drug-likeness (QED) is 0.745. The zero-order valence-corrected chi connectivity index (χ0v) is 13.1. The number of rotatable bonds is 6. The van der Waals surface area contributed by atoms with E-state index in [9.17, 15) is 4.79 Å². The molecule has 2 heterocycles. The molecule has 1 aliphatic rings. The molecule has 2 rings (SSSR count). The van der Waals surface area contributed by atoms with Gasteiger partial charge in [-0.1, -0.05) is 0 Å². The van der Waals surface area contributed by atoms with Crippen LogP contribution in [0.15, 0.2) is 12.4 Å². The Kier molecular flexibility index (Phi) is 5.76. The van der Waals surface area contributed by atoms with Crippen molar-refractivity contribution in [3.8, 4) is 0 Å². The average Bonchev–Trinajstić information content (AvgIpc) is 2.93. The number of likely N-dealkylation sites (tertiary alicyclic amines) is 1. The number of aromatic nitrogens is 2. The lowest BCUT2D eigenvalue weighted by molar-refractivity contribution is -0.137. The standard InChI is InChI=1S/C15H25N3O3/c1-12(18-9-6-16-13(18)2)15(19)17-7-4-14(5-8-17)21-11-10-20-3/h6,9,12,14H,4-5,7-8,10-11H2,1-3H3. The molecule has 6 nitrogen and oxygen atoms in total. The number of ether oxygens (including phenoxy) is 2. The van der Waals surface area contributed by atoms with Crippen LogP contribution in [0.3, 0.4) is 0 Å². The minimum absolute atomic E-state index is 0.159. The summed E-state index contributed by atoms with van der Waals surface area (Å²) in [6, 6.07) is -0.196. The molecule has 0 saturated carbocycles. The maximum Gasteiger partial charge on any atom is 0.245 e. The van der Waals surface area contributed by atoms with Crippen LogP contribution in [-0.2, 0) is 14.3 Å². The van der Waals surface area contributed by atoms with Crippen LogP contribution in [0.5, 0.6) is 0 Å². The number of hydrogen-bond donors (Lipinski definition) is 0. The normalized spacial score (nSPS) is 18.0. The van der Waals surface area contributed by atoms with Crippen LogP contribution in [0, 0.1) is 6.92 Å². The second kappa shape index (κ2) is 7.56. The van der Waals surface area contributed by atoms with Crippen LogP contribution in [0.2, 0.25) is 0 Å². The van der Waals surface area contributed by atoms with E-state index >= 15 is 0 Å². The third kappa shape index (κ3) is 4.04. The predicted octanol–water partition coefficient (Wildman–Crippen LogP) is 1.41. The lowest BCUT2D eigenvalue weighted by atomic mass is 10.1. The van der Waals surface area contributed by atoms with Gasteiger partial charge < -0.3 is 18.9 Å². The summed E-state index contributed by atoms with van der Waals surface area (Å²) in [5, 5.41) is 0. The third-order valence-electron chi connectivity index (χ3n) is 4.03. The number of aryl methyl sites for hydroxylation is 1. The van der Waals surface area contributed by atoms with Crippen LogP contribution in [0.25, 0.3) is 0 Å². The fourth-order valence-electron chi connectivity index (χ4n) is 2.72. The van der Waals surface area contributed by atoms with Crippen molar-refractivity contribution in [1.82, 2.24) is 14.5 Å². The number of carbonyl (C=O) groups excluding carboxylic acids is 1. The van der Waals surface area contributed by atoms with E-state index < -0.39 is 0 Å². The molecule has 1 atom stereocenters. The Morgan fingerprint density at radius 2 is 2.14 bits per heavy atom. The number of piperidine rings is 1. The Morgan fingerprint density at radius 1 is 1.43 bits per heavy atom. The molecular formula is C15H25N3O3. The highest BCUT2D eigenvalue weighted by atomic mass is 16.5. The largest absolute Gasteiger partial charge is 0.382 e. The summed E-state index contributed by atoms with van der Waals surface area (Å²) in [4.78, 5) is 18.6. The van der Waals surface area contributed by atoms with Gasteiger partial charge in [-0.15, -0.1) is 0 Å². The third-order valence-corrected chi connectivity index (χ3v) is 4.03. The van der Waals surface area contributed by atoms with Gasteiger partial charge in [0, 0.05) is 32.6 Å². The van der Waals surface area contributed by atoms with Gasteiger partial charge in [0.2, 0.25) is 5.91 Å². The molecule has 6 heteroatoms. The molecule has 1 aliphatic heterocycles. The van der Waals surface area contributed by atoms with Crippen molar-refractivity contribution in [2.75, 3.05) is 33.4 Å². The zero-order chi connectivity index (χ0) is 15.2. The van der Waals surface area contributed by atoms with Gasteiger partial charge in [0.25, 0.3) is 0 Å². The minimum Gasteiger partial charge on any atom is -0.382 e. The van der Waals surface area contributed by atoms with E-state index in [-0.39, 0.29) is 18.1 Å². The van der Waals surface area contributed by atoms with Crippen LogP contribution < -0.4 is 0 Å². The first kappa shape index (κ1) is 16.0. The molecule has 1 aromatic heterocycles. The van der Waals surface area contributed by atoms with Crippen molar-refractivity contribution in [1.29, 1.82) is 0 Å². The van der Waals surface area contributed by atoms with Gasteiger partial charge in [0.1, 0.15) is 11.9 Å². The van der Waals surface area contributed by atoms with Crippen molar-refractivity contribution in [3.05, 3.63) is 18.2 Å². The molecule has 0 N–H and O–H groups in total. The van der Waals surface area contributed by atoms with Gasteiger partial charge in [0.15, 0.2) is 0 Å². The number of imidazole rings is 1. The molecule has 1 amide bonds. The van der Waals surface area contributed by atoms with Gasteiger partial charge in [-0.2, -0.15) is 0 Å². The number of nitrogens with zero attached hydrogens (tertiary/aromatic N) is 3. The number of methoxy groups -OCH3 is 1. The summed E-state index contributed by atoms with van der Waals surface area (Å²) >= 11 is 0. The maximum absolute atomic E-state index is 12.5. The fraction of sp³-hybridized carbons (Fsp3) is 0.733. The summed E-state index contributed by atoms with van der Waals surface area (Å²) in [7, 11) is 1.67. The Morgan fingerprint density at radius 3 is 2.71 bits per heavy atom. The lowest BCUT2D eigenvalue weighted by Gasteiger charge is -2.33. The molecule has 0 aliphatic carbocycles. The molecule has 1 unspecified atom stereocenters. The van der Waals surface area contributed by atoms with E-state index in [4.69, 9.17) is 9.47 Å². The van der Waals surface area contributed by atoms with Crippen molar-refractivity contribution < 1.29 is 14.3 Å². The number of amides is 1. The van der Waals surface area contributed by atoms with Gasteiger partial charge >= 0.3 is 0 Å². The SMILES string of the molecule is COCCOC1CCN(C(=O)C(C)n2ccnc2C)CC1. The average molecular weight is 295 g/mol. The van der Waals surface area contributed by atoms with Crippen molar-refractivity contribution in [2.24, 2.45) is 0 Å². The van der Waals surface area contributed by atoms with E-state index in [1.165, 1.54) is 0 Å². The molecule has 0 spiro atoms. The summed E-state index contributed by atoms with van der Waals surface area (Å²) in [5.41, 5.74) is 0. The highest BCUT2D eigenvalue weighted by Crippen LogP contribution is 2.18. The van der Waals surface area contributed by atoms with Gasteiger partial charge in [0.05, 0.1) is 19.3 Å². The Labute approximate surface area is 126 Å². The van der Waals surface area contributed by atoms with Crippen molar-refractivity contribution in [2.45, 2.75) is 38.8 Å². The maximum atomic E-state index is 12.5. The topological polar surface area (TPSA) is 56.6 Å². The summed E-state index contributed by atoms with van der Waals surface area (Å²) in [6.07, 6.45) is 5.62. The lowest BCUT2D eigenvalue weighted by Crippen LogP contribution is -2.43.